The lowest BCUT2D eigenvalue weighted by Crippen LogP contribution is -2.58. The van der Waals surface area contributed by atoms with Crippen molar-refractivity contribution in [1.82, 2.24) is 9.80 Å². The summed E-state index contributed by atoms with van der Waals surface area (Å²) in [5.74, 6) is 0.748. The van der Waals surface area contributed by atoms with Gasteiger partial charge in [-0.05, 0) is 57.3 Å². The van der Waals surface area contributed by atoms with E-state index < -0.39 is 0 Å². The Kier molecular flexibility index (Phi) is 5.83. The molecule has 1 aromatic rings. The molecule has 2 heterocycles. The molecule has 3 nitrogen and oxygen atoms in total. The third-order valence-electron chi connectivity index (χ3n) is 5.07. The summed E-state index contributed by atoms with van der Waals surface area (Å²) in [5, 5.41) is 2.17. The summed E-state index contributed by atoms with van der Waals surface area (Å²) in [5.41, 5.74) is 6.38. The van der Waals surface area contributed by atoms with Gasteiger partial charge in [0.15, 0.2) is 0 Å². The largest absolute Gasteiger partial charge is 0.329 e. The van der Waals surface area contributed by atoms with Crippen LogP contribution in [0.15, 0.2) is 17.5 Å². The van der Waals surface area contributed by atoms with Crippen molar-refractivity contribution in [2.75, 3.05) is 33.2 Å². The second kappa shape index (κ2) is 7.23. The molecule has 0 radical (unpaired) electrons. The number of rotatable bonds is 6. The van der Waals surface area contributed by atoms with Gasteiger partial charge in [-0.25, -0.2) is 0 Å². The van der Waals surface area contributed by atoms with Gasteiger partial charge in [-0.2, -0.15) is 0 Å². The highest BCUT2D eigenvalue weighted by molar-refractivity contribution is 7.10. The van der Waals surface area contributed by atoms with E-state index in [0.29, 0.717) is 6.04 Å². The van der Waals surface area contributed by atoms with Crippen LogP contribution in [0.2, 0.25) is 0 Å². The smallest absolute Gasteiger partial charge is 0.0416 e. The Hall–Kier alpha value is -0.420. The van der Waals surface area contributed by atoms with E-state index in [0.717, 1.165) is 12.5 Å². The highest BCUT2D eigenvalue weighted by atomic mass is 32.1. The molecular weight excluding hydrogens is 278 g/mol. The fraction of sp³-hybridized carbons (Fsp3) is 0.765. The van der Waals surface area contributed by atoms with Crippen LogP contribution in [-0.4, -0.2) is 48.6 Å². The molecule has 1 aliphatic heterocycles. The molecule has 120 valence electrons. The first kappa shape index (κ1) is 16.9. The first-order chi connectivity index (χ1) is 9.98. The number of hydrogen-bond acceptors (Lipinski definition) is 4. The van der Waals surface area contributed by atoms with Gasteiger partial charge in [0.25, 0.3) is 0 Å². The Balaban J connectivity index is 2.02. The predicted octanol–water partition coefficient (Wildman–Crippen LogP) is 3.19. The van der Waals surface area contributed by atoms with E-state index in [-0.39, 0.29) is 5.54 Å². The fourth-order valence-electron chi connectivity index (χ4n) is 3.50. The minimum atomic E-state index is 0.164. The Labute approximate surface area is 134 Å². The van der Waals surface area contributed by atoms with Gasteiger partial charge in [0.2, 0.25) is 0 Å². The molecule has 0 saturated carbocycles. The molecule has 1 aromatic heterocycles. The van der Waals surface area contributed by atoms with Crippen molar-refractivity contribution in [3.63, 3.8) is 0 Å². The first-order valence-corrected chi connectivity index (χ1v) is 9.05. The van der Waals surface area contributed by atoms with E-state index in [1.807, 2.05) is 11.3 Å². The van der Waals surface area contributed by atoms with Crippen molar-refractivity contribution in [2.24, 2.45) is 11.7 Å². The molecule has 1 fully saturated rings. The van der Waals surface area contributed by atoms with Crippen LogP contribution in [0.5, 0.6) is 0 Å². The van der Waals surface area contributed by atoms with Gasteiger partial charge in [0.1, 0.15) is 0 Å². The Morgan fingerprint density at radius 2 is 2.00 bits per heavy atom. The van der Waals surface area contributed by atoms with E-state index in [9.17, 15) is 0 Å². The lowest BCUT2D eigenvalue weighted by Gasteiger charge is -2.49. The van der Waals surface area contributed by atoms with Crippen molar-refractivity contribution < 1.29 is 0 Å². The number of piperidine rings is 1. The van der Waals surface area contributed by atoms with E-state index in [2.05, 4.69) is 55.1 Å². The zero-order chi connectivity index (χ0) is 15.5. The molecule has 21 heavy (non-hydrogen) atoms. The van der Waals surface area contributed by atoms with E-state index >= 15 is 0 Å². The van der Waals surface area contributed by atoms with Crippen LogP contribution >= 0.6 is 11.3 Å². The second-order valence-corrected chi connectivity index (χ2v) is 7.90. The summed E-state index contributed by atoms with van der Waals surface area (Å²) in [6.07, 6.45) is 2.37. The Morgan fingerprint density at radius 3 is 2.48 bits per heavy atom. The molecule has 0 aromatic carbocycles. The molecule has 0 spiro atoms. The SMILES string of the molecule is CC(C)CN1CCC(CN)(N(C)C(C)c2cccs2)CC1. The van der Waals surface area contributed by atoms with Crippen LogP contribution in [-0.2, 0) is 0 Å². The van der Waals surface area contributed by atoms with Crippen molar-refractivity contribution in [3.05, 3.63) is 22.4 Å². The number of likely N-dealkylation sites (tertiary alicyclic amines) is 1. The minimum absolute atomic E-state index is 0.164. The average Bonchev–Trinajstić information content (AvgIpc) is 3.00. The van der Waals surface area contributed by atoms with Crippen LogP contribution in [0.25, 0.3) is 0 Å². The van der Waals surface area contributed by atoms with Gasteiger partial charge in [-0.3, -0.25) is 4.90 Å². The molecular formula is C17H31N3S. The molecule has 1 aliphatic rings. The Bertz CT molecular complexity index is 408. The van der Waals surface area contributed by atoms with Crippen molar-refractivity contribution in [3.8, 4) is 0 Å². The highest BCUT2D eigenvalue weighted by Gasteiger charge is 2.39. The molecule has 1 saturated heterocycles. The van der Waals surface area contributed by atoms with Gasteiger partial charge < -0.3 is 10.6 Å². The normalized spacial score (nSPS) is 21.1. The summed E-state index contributed by atoms with van der Waals surface area (Å²) < 4.78 is 0. The molecule has 1 atom stereocenters. The summed E-state index contributed by atoms with van der Waals surface area (Å²) in [7, 11) is 2.26. The average molecular weight is 310 g/mol. The zero-order valence-corrected chi connectivity index (χ0v) is 14.8. The van der Waals surface area contributed by atoms with Crippen LogP contribution in [0.3, 0.4) is 0 Å². The number of thiophene rings is 1. The topological polar surface area (TPSA) is 32.5 Å². The van der Waals surface area contributed by atoms with Gasteiger partial charge in [0.05, 0.1) is 0 Å². The monoisotopic (exact) mass is 309 g/mol. The first-order valence-electron chi connectivity index (χ1n) is 8.17. The zero-order valence-electron chi connectivity index (χ0n) is 14.0. The van der Waals surface area contributed by atoms with Crippen LogP contribution < -0.4 is 5.73 Å². The third-order valence-corrected chi connectivity index (χ3v) is 6.12. The standard InChI is InChI=1S/C17H31N3S/c1-14(2)12-20-9-7-17(13-18,8-10-20)19(4)15(3)16-6-5-11-21-16/h5-6,11,14-15H,7-10,12-13,18H2,1-4H3. The molecule has 4 heteroatoms. The van der Waals surface area contributed by atoms with E-state index in [1.165, 1.54) is 37.4 Å². The molecule has 2 N–H and O–H groups in total. The number of nitrogens with zero attached hydrogens (tertiary/aromatic N) is 2. The molecule has 0 aliphatic carbocycles. The maximum atomic E-state index is 6.22. The summed E-state index contributed by atoms with van der Waals surface area (Å²) in [4.78, 5) is 6.57. The number of likely N-dealkylation sites (N-methyl/N-ethyl adjacent to an activating group) is 1. The van der Waals surface area contributed by atoms with Crippen molar-refractivity contribution in [2.45, 2.75) is 45.2 Å². The van der Waals surface area contributed by atoms with E-state index in [1.54, 1.807) is 0 Å². The molecule has 1 unspecified atom stereocenters. The summed E-state index contributed by atoms with van der Waals surface area (Å²) in [6, 6.07) is 4.83. The van der Waals surface area contributed by atoms with Crippen LogP contribution in [0.1, 0.15) is 44.5 Å². The molecule has 2 rings (SSSR count). The van der Waals surface area contributed by atoms with Crippen LogP contribution in [0, 0.1) is 5.92 Å². The van der Waals surface area contributed by atoms with Crippen LogP contribution in [0.4, 0.5) is 0 Å². The predicted molar refractivity (Wildman–Crippen MR) is 92.8 cm³/mol. The minimum Gasteiger partial charge on any atom is -0.329 e. The number of nitrogens with two attached hydrogens (primary N) is 1. The second-order valence-electron chi connectivity index (χ2n) is 6.93. The highest BCUT2D eigenvalue weighted by Crippen LogP contribution is 2.35. The summed E-state index contributed by atoms with van der Waals surface area (Å²) in [6.45, 7) is 11.2. The lowest BCUT2D eigenvalue weighted by molar-refractivity contribution is 0.0185. The number of hydrogen-bond donors (Lipinski definition) is 1. The van der Waals surface area contributed by atoms with Gasteiger partial charge in [0, 0.05) is 29.5 Å². The molecule has 0 bridgehead atoms. The van der Waals surface area contributed by atoms with Gasteiger partial charge >= 0.3 is 0 Å². The van der Waals surface area contributed by atoms with Gasteiger partial charge in [-0.15, -0.1) is 11.3 Å². The summed E-state index contributed by atoms with van der Waals surface area (Å²) >= 11 is 1.85. The third kappa shape index (κ3) is 3.86. The molecule has 0 amide bonds. The van der Waals surface area contributed by atoms with Crippen molar-refractivity contribution >= 4 is 11.3 Å². The quantitative estimate of drug-likeness (QED) is 0.876. The van der Waals surface area contributed by atoms with Crippen molar-refractivity contribution in [1.29, 1.82) is 0 Å². The van der Waals surface area contributed by atoms with E-state index in [4.69, 9.17) is 5.73 Å². The van der Waals surface area contributed by atoms with Gasteiger partial charge in [-0.1, -0.05) is 19.9 Å². The maximum Gasteiger partial charge on any atom is 0.0416 e. The lowest BCUT2D eigenvalue weighted by atomic mass is 9.84. The fourth-order valence-corrected chi connectivity index (χ4v) is 4.33. The maximum absolute atomic E-state index is 6.22. The Morgan fingerprint density at radius 1 is 1.33 bits per heavy atom.